The van der Waals surface area contributed by atoms with E-state index in [1.54, 1.807) is 13.8 Å². The summed E-state index contributed by atoms with van der Waals surface area (Å²) in [4.78, 5) is 30.6. The first-order valence-corrected chi connectivity index (χ1v) is 14.8. The van der Waals surface area contributed by atoms with E-state index < -0.39 is 11.4 Å². The van der Waals surface area contributed by atoms with Crippen LogP contribution in [0.15, 0.2) is 18.2 Å². The van der Waals surface area contributed by atoms with Crippen LogP contribution >= 0.6 is 11.3 Å². The van der Waals surface area contributed by atoms with Gasteiger partial charge in [0.05, 0.1) is 16.0 Å². The fraction of sp³-hybridized carbons (Fsp3) is 0.645. The van der Waals surface area contributed by atoms with Crippen LogP contribution in [0.2, 0.25) is 0 Å². The van der Waals surface area contributed by atoms with Crippen LogP contribution in [0, 0.1) is 11.3 Å². The van der Waals surface area contributed by atoms with Crippen molar-refractivity contribution >= 4 is 23.2 Å². The standard InChI is InChI=1S/C31H44N2O3S/c1-29(2,3)22-17-21(18-23(19-22)31(6)12-13-31)25-24(16-20-10-8-7-9-11-20)33-27(37-25)26(34)32-15-14-30(4,5)28(35)36/h17-20H,7-16H2,1-6H3,(H,32,34)(H,35,36). The van der Waals surface area contributed by atoms with Crippen molar-refractivity contribution in [1.82, 2.24) is 10.3 Å². The van der Waals surface area contributed by atoms with Gasteiger partial charge in [0.25, 0.3) is 5.91 Å². The number of aromatic nitrogens is 1. The molecule has 37 heavy (non-hydrogen) atoms. The Balaban J connectivity index is 1.67. The van der Waals surface area contributed by atoms with Crippen LogP contribution in [0.4, 0.5) is 0 Å². The summed E-state index contributed by atoms with van der Waals surface area (Å²) in [6.45, 7) is 12.8. The number of thiazole rings is 1. The largest absolute Gasteiger partial charge is 0.481 e. The van der Waals surface area contributed by atoms with Crippen LogP contribution in [0.1, 0.15) is 120 Å². The Morgan fingerprint density at radius 3 is 2.35 bits per heavy atom. The number of hydrogen-bond acceptors (Lipinski definition) is 4. The minimum Gasteiger partial charge on any atom is -0.481 e. The van der Waals surface area contributed by atoms with Crippen molar-refractivity contribution in [3.05, 3.63) is 40.0 Å². The Kier molecular flexibility index (Phi) is 7.90. The summed E-state index contributed by atoms with van der Waals surface area (Å²) < 4.78 is 0. The maximum atomic E-state index is 13.1. The highest BCUT2D eigenvalue weighted by Crippen LogP contribution is 2.50. The highest BCUT2D eigenvalue weighted by atomic mass is 32.1. The molecule has 2 aromatic rings. The predicted octanol–water partition coefficient (Wildman–Crippen LogP) is 7.51. The zero-order valence-electron chi connectivity index (χ0n) is 23.5. The van der Waals surface area contributed by atoms with E-state index in [-0.39, 0.29) is 16.7 Å². The molecule has 0 atom stereocenters. The number of nitrogens with one attached hydrogen (secondary N) is 1. The second kappa shape index (κ2) is 10.5. The zero-order chi connectivity index (χ0) is 27.0. The monoisotopic (exact) mass is 524 g/mol. The number of amides is 1. The van der Waals surface area contributed by atoms with Crippen molar-refractivity contribution in [3.8, 4) is 10.4 Å². The van der Waals surface area contributed by atoms with E-state index >= 15 is 0 Å². The van der Waals surface area contributed by atoms with E-state index in [0.717, 1.165) is 17.0 Å². The third-order valence-corrected chi connectivity index (χ3v) is 9.62. The topological polar surface area (TPSA) is 79.3 Å². The predicted molar refractivity (Wildman–Crippen MR) is 151 cm³/mol. The average molecular weight is 525 g/mol. The van der Waals surface area contributed by atoms with Gasteiger partial charge >= 0.3 is 5.97 Å². The number of carbonyl (C=O) groups is 2. The Morgan fingerprint density at radius 1 is 1.08 bits per heavy atom. The minimum atomic E-state index is -0.879. The second-order valence-electron chi connectivity index (χ2n) is 13.3. The first kappa shape index (κ1) is 27.8. The second-order valence-corrected chi connectivity index (χ2v) is 14.3. The summed E-state index contributed by atoms with van der Waals surface area (Å²) in [5.41, 5.74) is 4.36. The number of carbonyl (C=O) groups excluding carboxylic acids is 1. The van der Waals surface area contributed by atoms with Crippen molar-refractivity contribution in [2.24, 2.45) is 11.3 Å². The Hall–Kier alpha value is -2.21. The number of carboxylic acid groups (broad SMARTS) is 1. The van der Waals surface area contributed by atoms with E-state index in [9.17, 15) is 14.7 Å². The van der Waals surface area contributed by atoms with Crippen molar-refractivity contribution < 1.29 is 14.7 Å². The Morgan fingerprint density at radius 2 is 1.76 bits per heavy atom. The molecule has 4 rings (SSSR count). The zero-order valence-corrected chi connectivity index (χ0v) is 24.3. The van der Waals surface area contributed by atoms with Gasteiger partial charge in [0.15, 0.2) is 5.01 Å². The summed E-state index contributed by atoms with van der Waals surface area (Å²) in [5, 5.41) is 12.8. The molecule has 2 aliphatic rings. The van der Waals surface area contributed by atoms with Gasteiger partial charge in [-0.1, -0.05) is 65.9 Å². The molecule has 2 fully saturated rings. The number of hydrogen-bond donors (Lipinski definition) is 2. The molecule has 2 N–H and O–H groups in total. The molecule has 0 radical (unpaired) electrons. The summed E-state index contributed by atoms with van der Waals surface area (Å²) in [7, 11) is 0. The van der Waals surface area contributed by atoms with Gasteiger partial charge in [-0.25, -0.2) is 4.98 Å². The molecule has 0 bridgehead atoms. The molecule has 5 nitrogen and oxygen atoms in total. The molecule has 0 spiro atoms. The highest BCUT2D eigenvalue weighted by Gasteiger charge is 2.40. The fourth-order valence-corrected chi connectivity index (χ4v) is 6.16. The summed E-state index contributed by atoms with van der Waals surface area (Å²) in [6.07, 6.45) is 10.1. The number of nitrogens with zero attached hydrogens (tertiary/aromatic N) is 1. The van der Waals surface area contributed by atoms with Gasteiger partial charge < -0.3 is 10.4 Å². The van der Waals surface area contributed by atoms with Crippen molar-refractivity contribution in [2.75, 3.05) is 6.54 Å². The van der Waals surface area contributed by atoms with Gasteiger partial charge in [-0.15, -0.1) is 11.3 Å². The molecule has 1 aromatic heterocycles. The van der Waals surface area contributed by atoms with E-state index in [4.69, 9.17) is 4.98 Å². The van der Waals surface area contributed by atoms with Crippen molar-refractivity contribution in [3.63, 3.8) is 0 Å². The van der Waals surface area contributed by atoms with E-state index in [0.29, 0.717) is 23.9 Å². The van der Waals surface area contributed by atoms with Gasteiger partial charge in [-0.3, -0.25) is 9.59 Å². The van der Waals surface area contributed by atoms with Crippen LogP contribution < -0.4 is 5.32 Å². The van der Waals surface area contributed by atoms with Crippen LogP contribution in [0.5, 0.6) is 0 Å². The lowest BCUT2D eigenvalue weighted by molar-refractivity contribution is -0.147. The third kappa shape index (κ3) is 6.63. The maximum absolute atomic E-state index is 13.1. The van der Waals surface area contributed by atoms with Crippen molar-refractivity contribution in [2.45, 2.75) is 110 Å². The number of rotatable bonds is 9. The lowest BCUT2D eigenvalue weighted by Gasteiger charge is -2.24. The van der Waals surface area contributed by atoms with Gasteiger partial charge in [0, 0.05) is 6.54 Å². The average Bonchev–Trinajstić information content (AvgIpc) is 3.45. The highest BCUT2D eigenvalue weighted by molar-refractivity contribution is 7.17. The molecule has 0 aliphatic heterocycles. The van der Waals surface area contributed by atoms with E-state index in [2.05, 4.69) is 51.2 Å². The van der Waals surface area contributed by atoms with E-state index in [1.165, 1.54) is 73.0 Å². The molecular formula is C31H44N2O3S. The van der Waals surface area contributed by atoms with Crippen LogP contribution in [-0.4, -0.2) is 28.5 Å². The Bertz CT molecular complexity index is 1120. The van der Waals surface area contributed by atoms with Gasteiger partial charge in [-0.05, 0) is 85.1 Å². The number of carboxylic acids is 1. The molecule has 6 heteroatoms. The maximum Gasteiger partial charge on any atom is 0.309 e. The molecule has 2 saturated carbocycles. The Labute approximate surface area is 226 Å². The third-order valence-electron chi connectivity index (χ3n) is 8.47. The van der Waals surface area contributed by atoms with Gasteiger partial charge in [0.2, 0.25) is 0 Å². The summed E-state index contributed by atoms with van der Waals surface area (Å²) in [5.74, 6) is -0.441. The van der Waals surface area contributed by atoms with E-state index in [1.807, 2.05) is 0 Å². The molecule has 0 unspecified atom stereocenters. The molecular weight excluding hydrogens is 480 g/mol. The smallest absolute Gasteiger partial charge is 0.309 e. The lowest BCUT2D eigenvalue weighted by Crippen LogP contribution is -2.31. The fourth-order valence-electron chi connectivity index (χ4n) is 5.16. The van der Waals surface area contributed by atoms with Gasteiger partial charge in [0.1, 0.15) is 0 Å². The SMILES string of the molecule is CC(C)(CCNC(=O)c1nc(CC2CCCCC2)c(-c2cc(C(C)(C)C)cc(C3(C)CC3)c2)s1)C(=O)O. The number of aliphatic carboxylic acids is 1. The number of benzene rings is 1. The minimum absolute atomic E-state index is 0.0291. The first-order chi connectivity index (χ1) is 17.3. The summed E-state index contributed by atoms with van der Waals surface area (Å²) in [6, 6.07) is 7.04. The quantitative estimate of drug-likeness (QED) is 0.356. The summed E-state index contributed by atoms with van der Waals surface area (Å²) >= 11 is 1.49. The molecule has 1 amide bonds. The van der Waals surface area contributed by atoms with Crippen molar-refractivity contribution in [1.29, 1.82) is 0 Å². The first-order valence-electron chi connectivity index (χ1n) is 14.0. The molecule has 202 valence electrons. The molecule has 1 heterocycles. The van der Waals surface area contributed by atoms with Crippen LogP contribution in [-0.2, 0) is 22.0 Å². The normalized spacial score (nSPS) is 18.0. The molecule has 1 aromatic carbocycles. The van der Waals surface area contributed by atoms with Gasteiger partial charge in [-0.2, -0.15) is 0 Å². The van der Waals surface area contributed by atoms with Crippen LogP contribution in [0.25, 0.3) is 10.4 Å². The molecule has 2 aliphatic carbocycles. The molecule has 0 saturated heterocycles. The van der Waals surface area contributed by atoms with Crippen LogP contribution in [0.3, 0.4) is 0 Å². The lowest BCUT2D eigenvalue weighted by atomic mass is 9.82.